The molecule has 0 unspecified atom stereocenters. The topological polar surface area (TPSA) is 57.6 Å². The second-order valence-corrected chi connectivity index (χ2v) is 8.37. The number of anilines is 1. The van der Waals surface area contributed by atoms with Gasteiger partial charge >= 0.3 is 6.03 Å². The van der Waals surface area contributed by atoms with Crippen LogP contribution in [-0.2, 0) is 24.9 Å². The van der Waals surface area contributed by atoms with Gasteiger partial charge in [0.1, 0.15) is 6.54 Å². The van der Waals surface area contributed by atoms with Crippen molar-refractivity contribution in [3.05, 3.63) is 101 Å². The van der Waals surface area contributed by atoms with Crippen LogP contribution in [0.2, 0.25) is 0 Å². The summed E-state index contributed by atoms with van der Waals surface area (Å²) in [5, 5.41) is 2.85. The summed E-state index contributed by atoms with van der Waals surface area (Å²) in [4.78, 5) is 29.4. The average Bonchev–Trinajstić information content (AvgIpc) is 3.19. The van der Waals surface area contributed by atoms with Crippen LogP contribution >= 0.6 is 15.9 Å². The van der Waals surface area contributed by atoms with E-state index in [1.807, 2.05) is 72.4 Å². The number of amides is 3. The van der Waals surface area contributed by atoms with Gasteiger partial charge < -0.3 is 19.7 Å². The van der Waals surface area contributed by atoms with Crippen molar-refractivity contribution in [2.75, 3.05) is 18.4 Å². The number of rotatable bonds is 9. The molecule has 0 fully saturated rings. The summed E-state index contributed by atoms with van der Waals surface area (Å²) in [7, 11) is 1.95. The van der Waals surface area contributed by atoms with E-state index in [9.17, 15) is 9.59 Å². The molecule has 1 heterocycles. The Hall–Kier alpha value is -3.32. The van der Waals surface area contributed by atoms with Gasteiger partial charge in [0, 0.05) is 42.2 Å². The molecular formula is C25H27BrN4O2. The van der Waals surface area contributed by atoms with Gasteiger partial charge in [0.2, 0.25) is 5.91 Å². The van der Waals surface area contributed by atoms with Crippen molar-refractivity contribution < 1.29 is 9.59 Å². The maximum Gasteiger partial charge on any atom is 0.322 e. The monoisotopic (exact) mass is 494 g/mol. The van der Waals surface area contributed by atoms with Crippen LogP contribution in [0, 0.1) is 0 Å². The molecule has 0 aliphatic heterocycles. The number of carbonyl (C=O) groups excluding carboxylic acids is 2. The van der Waals surface area contributed by atoms with Crippen LogP contribution in [0.15, 0.2) is 90.1 Å². The molecule has 0 saturated heterocycles. The van der Waals surface area contributed by atoms with E-state index in [4.69, 9.17) is 0 Å². The summed E-state index contributed by atoms with van der Waals surface area (Å²) in [5.74, 6) is -0.136. The van der Waals surface area contributed by atoms with Crippen molar-refractivity contribution in [1.29, 1.82) is 0 Å². The third kappa shape index (κ3) is 6.59. The van der Waals surface area contributed by atoms with Crippen LogP contribution in [0.4, 0.5) is 10.5 Å². The van der Waals surface area contributed by atoms with Gasteiger partial charge in [-0.25, -0.2) is 4.79 Å². The second-order valence-electron chi connectivity index (χ2n) is 7.45. The third-order valence-electron chi connectivity index (χ3n) is 5.03. The molecule has 0 atom stereocenters. The van der Waals surface area contributed by atoms with E-state index >= 15 is 0 Å². The van der Waals surface area contributed by atoms with E-state index in [0.29, 0.717) is 18.8 Å². The van der Waals surface area contributed by atoms with E-state index in [0.717, 1.165) is 15.7 Å². The molecule has 3 aromatic rings. The lowest BCUT2D eigenvalue weighted by Gasteiger charge is -2.27. The summed E-state index contributed by atoms with van der Waals surface area (Å²) in [6, 6.07) is 20.7. The van der Waals surface area contributed by atoms with Gasteiger partial charge in [0.25, 0.3) is 0 Å². The number of benzene rings is 2. The first-order valence-electron chi connectivity index (χ1n) is 10.3. The van der Waals surface area contributed by atoms with Gasteiger partial charge in [-0.05, 0) is 42.0 Å². The molecule has 0 radical (unpaired) electrons. The Labute approximate surface area is 197 Å². The minimum atomic E-state index is -0.348. The minimum Gasteiger partial charge on any atom is -0.353 e. The van der Waals surface area contributed by atoms with E-state index < -0.39 is 0 Å². The summed E-state index contributed by atoms with van der Waals surface area (Å²) >= 11 is 3.38. The Morgan fingerprint density at radius 3 is 2.34 bits per heavy atom. The fourth-order valence-electron chi connectivity index (χ4n) is 3.27. The smallest absolute Gasteiger partial charge is 0.322 e. The van der Waals surface area contributed by atoms with E-state index in [1.54, 1.807) is 23.1 Å². The normalized spacial score (nSPS) is 10.4. The molecule has 0 spiro atoms. The predicted molar refractivity (Wildman–Crippen MR) is 131 cm³/mol. The van der Waals surface area contributed by atoms with Crippen LogP contribution in [0.3, 0.4) is 0 Å². The third-order valence-corrected chi connectivity index (χ3v) is 5.56. The summed E-state index contributed by atoms with van der Waals surface area (Å²) in [6.45, 7) is 4.86. The number of nitrogens with one attached hydrogen (secondary N) is 1. The molecule has 0 bridgehead atoms. The van der Waals surface area contributed by atoms with Crippen molar-refractivity contribution in [2.45, 2.75) is 13.1 Å². The lowest BCUT2D eigenvalue weighted by molar-refractivity contribution is -0.133. The lowest BCUT2D eigenvalue weighted by Crippen LogP contribution is -2.44. The van der Waals surface area contributed by atoms with Gasteiger partial charge in [-0.2, -0.15) is 0 Å². The SMILES string of the molecule is C=CCN(CC(=O)N(Cc1ccccc1)Cc1cccn1C)C(=O)Nc1ccc(Br)cc1. The molecule has 0 aliphatic rings. The molecule has 1 N–H and O–H groups in total. The Bertz CT molecular complexity index is 1050. The zero-order chi connectivity index (χ0) is 22.9. The fraction of sp³-hybridized carbons (Fsp3) is 0.200. The lowest BCUT2D eigenvalue weighted by atomic mass is 10.2. The number of hydrogen-bond acceptors (Lipinski definition) is 2. The van der Waals surface area contributed by atoms with Crippen molar-refractivity contribution in [3.8, 4) is 0 Å². The zero-order valence-electron chi connectivity index (χ0n) is 18.1. The van der Waals surface area contributed by atoms with Gasteiger partial charge in [0.05, 0.1) is 6.54 Å². The molecule has 6 nitrogen and oxygen atoms in total. The van der Waals surface area contributed by atoms with Crippen LogP contribution in [0.5, 0.6) is 0 Å². The summed E-state index contributed by atoms with van der Waals surface area (Å²) in [5.41, 5.74) is 2.71. The van der Waals surface area contributed by atoms with E-state index in [1.165, 1.54) is 4.90 Å². The summed E-state index contributed by atoms with van der Waals surface area (Å²) < 4.78 is 2.92. The summed E-state index contributed by atoms with van der Waals surface area (Å²) in [6.07, 6.45) is 3.57. The second kappa shape index (κ2) is 11.3. The van der Waals surface area contributed by atoms with E-state index in [-0.39, 0.29) is 25.0 Å². The van der Waals surface area contributed by atoms with Gasteiger partial charge in [-0.3, -0.25) is 4.79 Å². The Balaban J connectivity index is 1.74. The number of urea groups is 1. The molecule has 32 heavy (non-hydrogen) atoms. The first-order valence-corrected chi connectivity index (χ1v) is 11.1. The number of hydrogen-bond donors (Lipinski definition) is 1. The molecule has 2 aromatic carbocycles. The highest BCUT2D eigenvalue weighted by atomic mass is 79.9. The van der Waals surface area contributed by atoms with Crippen LogP contribution in [-0.4, -0.2) is 39.4 Å². The standard InChI is InChI=1S/C25H27BrN4O2/c1-3-15-29(25(32)27-22-13-11-21(26)12-14-22)19-24(31)30(17-20-8-5-4-6-9-20)18-23-10-7-16-28(23)2/h3-14,16H,1,15,17-19H2,2H3,(H,27,32). The first-order chi connectivity index (χ1) is 15.5. The van der Waals surface area contributed by atoms with Crippen molar-refractivity contribution >= 4 is 33.6 Å². The molecule has 0 aliphatic carbocycles. The van der Waals surface area contributed by atoms with Gasteiger partial charge in [0.15, 0.2) is 0 Å². The zero-order valence-corrected chi connectivity index (χ0v) is 19.7. The molecule has 3 rings (SSSR count). The Morgan fingerprint density at radius 2 is 1.72 bits per heavy atom. The molecular weight excluding hydrogens is 468 g/mol. The average molecular weight is 495 g/mol. The van der Waals surface area contributed by atoms with Crippen LogP contribution in [0.25, 0.3) is 0 Å². The number of halogens is 1. The minimum absolute atomic E-state index is 0.0500. The number of aryl methyl sites for hydroxylation is 1. The number of carbonyl (C=O) groups is 2. The quantitative estimate of drug-likeness (QED) is 0.423. The highest BCUT2D eigenvalue weighted by Crippen LogP contribution is 2.15. The molecule has 0 saturated carbocycles. The van der Waals surface area contributed by atoms with Crippen molar-refractivity contribution in [2.24, 2.45) is 7.05 Å². The molecule has 3 amide bonds. The highest BCUT2D eigenvalue weighted by molar-refractivity contribution is 9.10. The van der Waals surface area contributed by atoms with Crippen molar-refractivity contribution in [3.63, 3.8) is 0 Å². The van der Waals surface area contributed by atoms with E-state index in [2.05, 4.69) is 27.8 Å². The number of aromatic nitrogens is 1. The van der Waals surface area contributed by atoms with Crippen LogP contribution in [0.1, 0.15) is 11.3 Å². The van der Waals surface area contributed by atoms with Gasteiger partial charge in [-0.1, -0.05) is 52.3 Å². The predicted octanol–water partition coefficient (Wildman–Crippen LogP) is 5.04. The maximum absolute atomic E-state index is 13.3. The molecule has 1 aromatic heterocycles. The maximum atomic E-state index is 13.3. The number of nitrogens with zero attached hydrogens (tertiary/aromatic N) is 3. The van der Waals surface area contributed by atoms with Crippen LogP contribution < -0.4 is 5.32 Å². The Morgan fingerprint density at radius 1 is 1.00 bits per heavy atom. The molecule has 166 valence electrons. The first kappa shape index (κ1) is 23.3. The van der Waals surface area contributed by atoms with Crippen molar-refractivity contribution in [1.82, 2.24) is 14.4 Å². The highest BCUT2D eigenvalue weighted by Gasteiger charge is 2.22. The Kier molecular flexibility index (Phi) is 8.27. The fourth-order valence-corrected chi connectivity index (χ4v) is 3.53. The molecule has 7 heteroatoms. The van der Waals surface area contributed by atoms with Gasteiger partial charge in [-0.15, -0.1) is 6.58 Å². The largest absolute Gasteiger partial charge is 0.353 e.